The van der Waals surface area contributed by atoms with Gasteiger partial charge in [0, 0.05) is 12.0 Å². The van der Waals surface area contributed by atoms with Crippen molar-refractivity contribution in [1.82, 2.24) is 0 Å². The molecule has 1 aliphatic rings. The van der Waals surface area contributed by atoms with Gasteiger partial charge in [0.1, 0.15) is 11.2 Å². The number of rotatable bonds is 3. The number of aliphatic carboxylic acids is 1. The first kappa shape index (κ1) is 9.27. The van der Waals surface area contributed by atoms with E-state index in [-0.39, 0.29) is 13.2 Å². The van der Waals surface area contributed by atoms with Gasteiger partial charge in [-0.15, -0.1) is 0 Å². The molecule has 4 nitrogen and oxygen atoms in total. The minimum atomic E-state index is -0.864. The van der Waals surface area contributed by atoms with Crippen LogP contribution in [0, 0.1) is 0 Å². The minimum absolute atomic E-state index is 0.241. The van der Waals surface area contributed by atoms with Gasteiger partial charge in [-0.3, -0.25) is 4.79 Å². The number of furan rings is 1. The lowest BCUT2D eigenvalue weighted by Crippen LogP contribution is -2.52. The molecule has 1 aromatic heterocycles. The zero-order chi connectivity index (χ0) is 10.2. The molecule has 0 amide bonds. The van der Waals surface area contributed by atoms with E-state index in [9.17, 15) is 4.79 Å². The summed E-state index contributed by atoms with van der Waals surface area (Å²) < 4.78 is 10.2. The summed E-state index contributed by atoms with van der Waals surface area (Å²) in [7, 11) is 0. The Morgan fingerprint density at radius 3 is 2.71 bits per heavy atom. The molecule has 0 unspecified atom stereocenters. The molecule has 1 aromatic rings. The van der Waals surface area contributed by atoms with Crippen LogP contribution in [0.25, 0.3) is 0 Å². The van der Waals surface area contributed by atoms with Crippen molar-refractivity contribution >= 4 is 5.97 Å². The molecule has 4 heteroatoms. The maximum absolute atomic E-state index is 11.1. The molecule has 76 valence electrons. The van der Waals surface area contributed by atoms with Crippen molar-refractivity contribution in [3.05, 3.63) is 23.7 Å². The number of aryl methyl sites for hydroxylation is 1. The predicted octanol–water partition coefficient (Wildman–Crippen LogP) is 1.19. The summed E-state index contributed by atoms with van der Waals surface area (Å²) in [6, 6.07) is 1.80. The Kier molecular flexibility index (Phi) is 2.07. The molecule has 0 aromatic carbocycles. The second-order valence-electron chi connectivity index (χ2n) is 3.54. The average Bonchev–Trinajstić information content (AvgIpc) is 2.50. The fraction of sp³-hybridized carbons (Fsp3) is 0.500. The Morgan fingerprint density at radius 2 is 2.36 bits per heavy atom. The van der Waals surface area contributed by atoms with Gasteiger partial charge in [0.15, 0.2) is 0 Å². The zero-order valence-electron chi connectivity index (χ0n) is 7.95. The van der Waals surface area contributed by atoms with E-state index in [4.69, 9.17) is 14.3 Å². The van der Waals surface area contributed by atoms with E-state index in [0.29, 0.717) is 5.56 Å². The van der Waals surface area contributed by atoms with Gasteiger partial charge in [-0.05, 0) is 6.07 Å². The van der Waals surface area contributed by atoms with E-state index in [1.165, 1.54) is 6.26 Å². The van der Waals surface area contributed by atoms with Crippen LogP contribution in [0.3, 0.4) is 0 Å². The Bertz CT molecular complexity index is 349. The maximum Gasteiger partial charge on any atom is 0.319 e. The van der Waals surface area contributed by atoms with E-state index in [1.54, 1.807) is 6.07 Å². The van der Waals surface area contributed by atoms with Gasteiger partial charge in [0.25, 0.3) is 0 Å². The smallest absolute Gasteiger partial charge is 0.319 e. The molecular weight excluding hydrogens is 184 g/mol. The number of carboxylic acid groups (broad SMARTS) is 1. The third kappa shape index (κ3) is 1.14. The summed E-state index contributed by atoms with van der Waals surface area (Å²) in [4.78, 5) is 11.1. The highest BCUT2D eigenvalue weighted by Gasteiger charge is 2.48. The van der Waals surface area contributed by atoms with Crippen molar-refractivity contribution in [2.24, 2.45) is 0 Å². The van der Waals surface area contributed by atoms with E-state index >= 15 is 0 Å². The van der Waals surface area contributed by atoms with E-state index in [1.807, 2.05) is 6.92 Å². The highest BCUT2D eigenvalue weighted by atomic mass is 16.5. The summed E-state index contributed by atoms with van der Waals surface area (Å²) in [5, 5.41) is 9.10. The third-order valence-electron chi connectivity index (χ3n) is 2.66. The first-order valence-corrected chi connectivity index (χ1v) is 4.58. The van der Waals surface area contributed by atoms with Crippen molar-refractivity contribution < 1.29 is 19.1 Å². The Hall–Kier alpha value is -1.29. The molecule has 1 N–H and O–H groups in total. The van der Waals surface area contributed by atoms with Crippen molar-refractivity contribution in [3.8, 4) is 0 Å². The second kappa shape index (κ2) is 3.13. The van der Waals surface area contributed by atoms with Crippen LogP contribution < -0.4 is 0 Å². The van der Waals surface area contributed by atoms with Crippen LogP contribution in [0.5, 0.6) is 0 Å². The Balaban J connectivity index is 2.32. The van der Waals surface area contributed by atoms with Gasteiger partial charge in [-0.25, -0.2) is 0 Å². The quantitative estimate of drug-likeness (QED) is 0.789. The lowest BCUT2D eigenvalue weighted by molar-refractivity contribution is -0.163. The standard InChI is InChI=1S/C10H12O4/c1-2-8-3-7(4-14-8)10(9(11)12)5-13-6-10/h3-4H,2,5-6H2,1H3,(H,11,12). The molecule has 0 saturated carbocycles. The Morgan fingerprint density at radius 1 is 1.64 bits per heavy atom. The summed E-state index contributed by atoms with van der Waals surface area (Å²) in [6.07, 6.45) is 2.30. The summed E-state index contributed by atoms with van der Waals surface area (Å²) in [5.74, 6) is -0.0280. The van der Waals surface area contributed by atoms with Crippen LogP contribution in [0.4, 0.5) is 0 Å². The van der Waals surface area contributed by atoms with Crippen LogP contribution in [0.1, 0.15) is 18.2 Å². The number of hydrogen-bond donors (Lipinski definition) is 1. The molecule has 0 bridgehead atoms. The normalized spacial score (nSPS) is 18.9. The van der Waals surface area contributed by atoms with Crippen molar-refractivity contribution in [3.63, 3.8) is 0 Å². The van der Waals surface area contributed by atoms with E-state index in [2.05, 4.69) is 0 Å². The van der Waals surface area contributed by atoms with Gasteiger partial charge < -0.3 is 14.3 Å². The SMILES string of the molecule is CCc1cc(C2(C(=O)O)COC2)co1. The fourth-order valence-electron chi connectivity index (χ4n) is 1.54. The van der Waals surface area contributed by atoms with Crippen LogP contribution >= 0.6 is 0 Å². The van der Waals surface area contributed by atoms with Crippen LogP contribution in [0.15, 0.2) is 16.7 Å². The number of carbonyl (C=O) groups is 1. The third-order valence-corrected chi connectivity index (χ3v) is 2.66. The molecular formula is C10H12O4. The molecule has 0 aliphatic carbocycles. The first-order chi connectivity index (χ1) is 6.69. The monoisotopic (exact) mass is 196 g/mol. The van der Waals surface area contributed by atoms with Crippen LogP contribution in [0.2, 0.25) is 0 Å². The molecule has 14 heavy (non-hydrogen) atoms. The minimum Gasteiger partial charge on any atom is -0.480 e. The summed E-state index contributed by atoms with van der Waals surface area (Å²) in [5.41, 5.74) is -0.148. The average molecular weight is 196 g/mol. The van der Waals surface area contributed by atoms with E-state index in [0.717, 1.165) is 12.2 Å². The number of carboxylic acids is 1. The van der Waals surface area contributed by atoms with Gasteiger partial charge in [0.2, 0.25) is 0 Å². The molecule has 1 fully saturated rings. The lowest BCUT2D eigenvalue weighted by atomic mass is 9.80. The predicted molar refractivity (Wildman–Crippen MR) is 48.2 cm³/mol. The zero-order valence-corrected chi connectivity index (χ0v) is 7.95. The molecule has 0 atom stereocenters. The molecule has 0 radical (unpaired) electrons. The van der Waals surface area contributed by atoms with Crippen molar-refractivity contribution in [1.29, 1.82) is 0 Å². The molecule has 0 spiro atoms. The topological polar surface area (TPSA) is 59.7 Å². The molecule has 1 aliphatic heterocycles. The van der Waals surface area contributed by atoms with Crippen LogP contribution in [-0.4, -0.2) is 24.3 Å². The van der Waals surface area contributed by atoms with Gasteiger partial charge in [-0.2, -0.15) is 0 Å². The van der Waals surface area contributed by atoms with E-state index < -0.39 is 11.4 Å². The lowest BCUT2D eigenvalue weighted by Gasteiger charge is -2.36. The summed E-state index contributed by atoms with van der Waals surface area (Å²) >= 11 is 0. The molecule has 1 saturated heterocycles. The van der Waals surface area contributed by atoms with Gasteiger partial charge >= 0.3 is 5.97 Å². The van der Waals surface area contributed by atoms with Crippen molar-refractivity contribution in [2.45, 2.75) is 18.8 Å². The molecule has 2 rings (SSSR count). The van der Waals surface area contributed by atoms with Gasteiger partial charge in [0.05, 0.1) is 19.5 Å². The largest absolute Gasteiger partial charge is 0.480 e. The Labute approximate surface area is 81.5 Å². The number of hydrogen-bond acceptors (Lipinski definition) is 3. The number of ether oxygens (including phenoxy) is 1. The first-order valence-electron chi connectivity index (χ1n) is 4.58. The highest BCUT2D eigenvalue weighted by molar-refractivity contribution is 5.82. The fourth-order valence-corrected chi connectivity index (χ4v) is 1.54. The second-order valence-corrected chi connectivity index (χ2v) is 3.54. The molecule has 2 heterocycles. The van der Waals surface area contributed by atoms with Crippen LogP contribution in [-0.2, 0) is 21.4 Å². The summed E-state index contributed by atoms with van der Waals surface area (Å²) in [6.45, 7) is 2.45. The maximum atomic E-state index is 11.1. The highest BCUT2D eigenvalue weighted by Crippen LogP contribution is 2.33. The van der Waals surface area contributed by atoms with Gasteiger partial charge in [-0.1, -0.05) is 6.92 Å². The van der Waals surface area contributed by atoms with Crippen molar-refractivity contribution in [2.75, 3.05) is 13.2 Å².